The Labute approximate surface area is 194 Å². The van der Waals surface area contributed by atoms with Crippen LogP contribution in [0.5, 0.6) is 11.5 Å². The summed E-state index contributed by atoms with van der Waals surface area (Å²) in [4.78, 5) is 29.5. The molecule has 0 atom stereocenters. The summed E-state index contributed by atoms with van der Waals surface area (Å²) in [6, 6.07) is 11.1. The van der Waals surface area contributed by atoms with Gasteiger partial charge in [-0.25, -0.2) is 9.79 Å². The Morgan fingerprint density at radius 2 is 1.88 bits per heavy atom. The topological polar surface area (TPSA) is 105 Å². The summed E-state index contributed by atoms with van der Waals surface area (Å²) in [5.74, 6) is -1.55. The molecule has 32 heavy (non-hydrogen) atoms. The molecule has 0 aromatic heterocycles. The molecule has 0 bridgehead atoms. The van der Waals surface area contributed by atoms with Gasteiger partial charge in [-0.2, -0.15) is 0 Å². The Hall–Kier alpha value is -3.23. The number of aliphatic hydroxyl groups is 1. The van der Waals surface area contributed by atoms with Crippen LogP contribution in [0.4, 0.5) is 0 Å². The summed E-state index contributed by atoms with van der Waals surface area (Å²) in [5, 5.41) is 20.8. The molecule has 0 unspecified atom stereocenters. The summed E-state index contributed by atoms with van der Waals surface area (Å²) in [6.07, 6.45) is 1.59. The molecule has 0 aliphatic carbocycles. The van der Waals surface area contributed by atoms with E-state index in [1.807, 2.05) is 0 Å². The second-order valence-electron chi connectivity index (χ2n) is 6.42. The van der Waals surface area contributed by atoms with Gasteiger partial charge in [0.05, 0.1) is 28.7 Å². The van der Waals surface area contributed by atoms with E-state index in [0.29, 0.717) is 12.2 Å². The summed E-state index contributed by atoms with van der Waals surface area (Å²) < 4.78 is 10.4. The summed E-state index contributed by atoms with van der Waals surface area (Å²) in [7, 11) is 0. The number of thioether (sulfide) groups is 1. The number of aliphatic imine (C=N–C) groups is 1. The van der Waals surface area contributed by atoms with Gasteiger partial charge in [-0.05, 0) is 49.8 Å². The number of phenolic OH excluding ortho intramolecular Hbond substituents is 1. The first-order valence-electron chi connectivity index (χ1n) is 9.69. The fourth-order valence-electron chi connectivity index (χ4n) is 2.82. The van der Waals surface area contributed by atoms with Crippen LogP contribution in [0.15, 0.2) is 63.7 Å². The van der Waals surface area contributed by atoms with Crippen molar-refractivity contribution in [2.24, 2.45) is 4.99 Å². The van der Waals surface area contributed by atoms with Crippen molar-refractivity contribution in [3.8, 4) is 11.5 Å². The van der Waals surface area contributed by atoms with Crippen LogP contribution in [0.1, 0.15) is 29.8 Å². The molecule has 3 rings (SSSR count). The number of aliphatic hydroxyl groups excluding tert-OH is 1. The molecular formula is C23H20ClNO6S. The molecule has 7 nitrogen and oxygen atoms in total. The normalized spacial score (nSPS) is 16.0. The smallest absolute Gasteiger partial charge is 0.344 e. The minimum atomic E-state index is -0.799. The number of benzene rings is 2. The number of carbonyl (C=O) groups excluding carboxylic acids is 2. The molecule has 0 saturated heterocycles. The van der Waals surface area contributed by atoms with Gasteiger partial charge in [0.2, 0.25) is 0 Å². The molecule has 2 aromatic rings. The zero-order valence-electron chi connectivity index (χ0n) is 17.3. The Kier molecular flexibility index (Phi) is 7.61. The Morgan fingerprint density at radius 1 is 1.12 bits per heavy atom. The Morgan fingerprint density at radius 3 is 2.56 bits per heavy atom. The van der Waals surface area contributed by atoms with Crippen molar-refractivity contribution < 1.29 is 29.3 Å². The van der Waals surface area contributed by atoms with Crippen molar-refractivity contribution in [2.75, 3.05) is 13.2 Å². The third-order valence-electron chi connectivity index (χ3n) is 4.26. The van der Waals surface area contributed by atoms with Crippen LogP contribution in [0.3, 0.4) is 0 Å². The molecule has 1 heterocycles. The van der Waals surface area contributed by atoms with Gasteiger partial charge in [0.15, 0.2) is 11.5 Å². The molecule has 0 fully saturated rings. The van der Waals surface area contributed by atoms with E-state index < -0.39 is 11.9 Å². The summed E-state index contributed by atoms with van der Waals surface area (Å²) >= 11 is 7.02. The maximum Gasteiger partial charge on any atom is 0.344 e. The first-order valence-corrected chi connectivity index (χ1v) is 10.9. The minimum absolute atomic E-state index is 0.000861. The van der Waals surface area contributed by atoms with Crippen LogP contribution in [-0.2, 0) is 9.53 Å². The number of halogens is 1. The number of hydrogen-bond acceptors (Lipinski definition) is 7. The molecular weight excluding hydrogens is 454 g/mol. The van der Waals surface area contributed by atoms with Crippen LogP contribution in [-0.4, -0.2) is 40.3 Å². The Balaban J connectivity index is 2.03. The van der Waals surface area contributed by atoms with E-state index in [2.05, 4.69) is 4.99 Å². The van der Waals surface area contributed by atoms with Crippen molar-refractivity contribution in [1.82, 2.24) is 0 Å². The molecule has 2 N–H and O–H groups in total. The van der Waals surface area contributed by atoms with Gasteiger partial charge in [0.25, 0.3) is 5.91 Å². The maximum atomic E-state index is 12.7. The Bertz CT molecular complexity index is 1150. The van der Waals surface area contributed by atoms with Gasteiger partial charge in [-0.3, -0.25) is 4.79 Å². The van der Waals surface area contributed by atoms with Crippen molar-refractivity contribution in [3.63, 3.8) is 0 Å². The predicted molar refractivity (Wildman–Crippen MR) is 124 cm³/mol. The number of aromatic hydroxyl groups is 1. The maximum absolute atomic E-state index is 12.7. The monoisotopic (exact) mass is 473 g/mol. The average Bonchev–Trinajstić information content (AvgIpc) is 3.05. The predicted octanol–water partition coefficient (Wildman–Crippen LogP) is 5.15. The number of amides is 1. The largest absolute Gasteiger partial charge is 0.506 e. The van der Waals surface area contributed by atoms with Crippen LogP contribution in [0, 0.1) is 0 Å². The molecule has 1 aliphatic rings. The van der Waals surface area contributed by atoms with E-state index in [1.165, 1.54) is 12.1 Å². The highest BCUT2D eigenvalue weighted by Gasteiger charge is 2.34. The van der Waals surface area contributed by atoms with E-state index in [1.54, 1.807) is 50.3 Å². The first kappa shape index (κ1) is 23.4. The molecule has 2 aromatic carbocycles. The van der Waals surface area contributed by atoms with E-state index in [0.717, 1.165) is 11.8 Å². The molecule has 0 saturated carbocycles. The van der Waals surface area contributed by atoms with Gasteiger partial charge in [0.1, 0.15) is 16.4 Å². The number of ether oxygens (including phenoxy) is 2. The fourth-order valence-corrected chi connectivity index (χ4v) is 4.05. The van der Waals surface area contributed by atoms with Crippen LogP contribution in [0.2, 0.25) is 5.02 Å². The van der Waals surface area contributed by atoms with Crippen LogP contribution in [0.25, 0.3) is 6.08 Å². The molecule has 9 heteroatoms. The summed E-state index contributed by atoms with van der Waals surface area (Å²) in [6.45, 7) is 3.87. The van der Waals surface area contributed by atoms with E-state index in [-0.39, 0.29) is 50.0 Å². The molecule has 1 aliphatic heterocycles. The zero-order chi connectivity index (χ0) is 23.3. The second kappa shape index (κ2) is 10.4. The SMILES string of the molecule is CCOC(=O)C1=C(O)/C(=C/c2ccc(O)c(OCC)c2)SC1=NC(=O)c1ccccc1Cl. The molecule has 0 radical (unpaired) electrons. The lowest BCUT2D eigenvalue weighted by Crippen LogP contribution is -2.14. The molecule has 0 spiro atoms. The lowest BCUT2D eigenvalue weighted by molar-refractivity contribution is -0.138. The summed E-state index contributed by atoms with van der Waals surface area (Å²) in [5.41, 5.74) is 0.566. The van der Waals surface area contributed by atoms with Crippen molar-refractivity contribution in [2.45, 2.75) is 13.8 Å². The van der Waals surface area contributed by atoms with Gasteiger partial charge < -0.3 is 19.7 Å². The molecule has 1 amide bonds. The number of carbonyl (C=O) groups is 2. The fraction of sp³-hybridized carbons (Fsp3) is 0.174. The highest BCUT2D eigenvalue weighted by Crippen LogP contribution is 2.40. The first-order chi connectivity index (χ1) is 15.3. The minimum Gasteiger partial charge on any atom is -0.506 e. The third kappa shape index (κ3) is 5.15. The van der Waals surface area contributed by atoms with Gasteiger partial charge in [-0.1, -0.05) is 41.6 Å². The number of phenols is 1. The number of hydrogen-bond donors (Lipinski definition) is 2. The quantitative estimate of drug-likeness (QED) is 0.559. The van der Waals surface area contributed by atoms with Gasteiger partial charge >= 0.3 is 5.97 Å². The highest BCUT2D eigenvalue weighted by atomic mass is 35.5. The average molecular weight is 474 g/mol. The van der Waals surface area contributed by atoms with Gasteiger partial charge in [0, 0.05) is 0 Å². The van der Waals surface area contributed by atoms with Gasteiger partial charge in [-0.15, -0.1) is 0 Å². The third-order valence-corrected chi connectivity index (χ3v) is 5.61. The number of nitrogens with zero attached hydrogens (tertiary/aromatic N) is 1. The zero-order valence-corrected chi connectivity index (χ0v) is 18.9. The van der Waals surface area contributed by atoms with Crippen LogP contribution >= 0.6 is 23.4 Å². The van der Waals surface area contributed by atoms with Crippen molar-refractivity contribution in [1.29, 1.82) is 0 Å². The number of rotatable bonds is 6. The van der Waals surface area contributed by atoms with E-state index in [9.17, 15) is 19.8 Å². The number of esters is 1. The second-order valence-corrected chi connectivity index (χ2v) is 7.85. The molecule has 166 valence electrons. The van der Waals surface area contributed by atoms with Crippen molar-refractivity contribution >= 4 is 46.4 Å². The lowest BCUT2D eigenvalue weighted by Gasteiger charge is -2.07. The van der Waals surface area contributed by atoms with E-state index in [4.69, 9.17) is 21.1 Å². The van der Waals surface area contributed by atoms with Crippen molar-refractivity contribution in [3.05, 3.63) is 74.9 Å². The standard InChI is InChI=1S/C23H20ClNO6S/c1-3-30-17-11-13(9-10-16(17)26)12-18-20(27)19(23(29)31-4-2)22(32-18)25-21(28)14-7-5-6-8-15(14)24/h5-12,26-27H,3-4H2,1-2H3/b18-12-,25-22?. The van der Waals surface area contributed by atoms with E-state index >= 15 is 0 Å². The van der Waals surface area contributed by atoms with Crippen LogP contribution < -0.4 is 4.74 Å². The lowest BCUT2D eigenvalue weighted by atomic mass is 10.1. The highest BCUT2D eigenvalue weighted by molar-refractivity contribution is 8.18.